The molecule has 0 aromatic heterocycles. The van der Waals surface area contributed by atoms with Gasteiger partial charge < -0.3 is 9.15 Å². The molecule has 0 atom stereocenters. The highest BCUT2D eigenvalue weighted by Gasteiger charge is 2.16. The van der Waals surface area contributed by atoms with E-state index in [1.807, 2.05) is 0 Å². The standard InChI is InChI=1S/C12H10O4/c1-15-12(14)4-9-6-16-7-11-8(5-13)2-3-10(9)11/h2-3,5-7H,4H2,1H3. The van der Waals surface area contributed by atoms with E-state index in [2.05, 4.69) is 4.74 Å². The summed E-state index contributed by atoms with van der Waals surface area (Å²) in [5.41, 5.74) is 2.85. The van der Waals surface area contributed by atoms with Gasteiger partial charge >= 0.3 is 5.97 Å². The smallest absolute Gasteiger partial charge is 0.310 e. The summed E-state index contributed by atoms with van der Waals surface area (Å²) in [5.74, 6) is -0.337. The largest absolute Gasteiger partial charge is 0.472 e. The van der Waals surface area contributed by atoms with E-state index in [-0.39, 0.29) is 12.4 Å². The van der Waals surface area contributed by atoms with Gasteiger partial charge in [0.15, 0.2) is 6.29 Å². The van der Waals surface area contributed by atoms with E-state index in [1.54, 1.807) is 12.1 Å². The highest BCUT2D eigenvalue weighted by atomic mass is 16.5. The third-order valence-corrected chi connectivity index (χ3v) is 2.46. The van der Waals surface area contributed by atoms with Crippen molar-refractivity contribution in [2.24, 2.45) is 0 Å². The van der Waals surface area contributed by atoms with Gasteiger partial charge in [0.05, 0.1) is 26.1 Å². The zero-order valence-electron chi connectivity index (χ0n) is 8.73. The average Bonchev–Trinajstić information content (AvgIpc) is 2.73. The van der Waals surface area contributed by atoms with Crippen LogP contribution in [0.5, 0.6) is 0 Å². The maximum atomic E-state index is 11.2. The van der Waals surface area contributed by atoms with E-state index in [4.69, 9.17) is 4.42 Å². The van der Waals surface area contributed by atoms with Gasteiger partial charge in [-0.2, -0.15) is 0 Å². The summed E-state index contributed by atoms with van der Waals surface area (Å²) in [5, 5.41) is 0. The van der Waals surface area contributed by atoms with Crippen LogP contribution in [0.15, 0.2) is 29.1 Å². The Morgan fingerprint density at radius 3 is 2.88 bits per heavy atom. The number of carbonyl (C=O) groups is 2. The van der Waals surface area contributed by atoms with Gasteiger partial charge in [-0.15, -0.1) is 0 Å². The molecule has 1 heterocycles. The fourth-order valence-corrected chi connectivity index (χ4v) is 1.63. The summed E-state index contributed by atoms with van der Waals surface area (Å²) in [4.78, 5) is 21.9. The second-order valence-corrected chi connectivity index (χ2v) is 3.38. The molecule has 0 bridgehead atoms. The van der Waals surface area contributed by atoms with Gasteiger partial charge in [0, 0.05) is 16.7 Å². The number of esters is 1. The lowest BCUT2D eigenvalue weighted by atomic mass is 10.0. The molecule has 0 spiro atoms. The van der Waals surface area contributed by atoms with Crippen LogP contribution in [-0.4, -0.2) is 19.4 Å². The number of hydrogen-bond donors (Lipinski definition) is 0. The van der Waals surface area contributed by atoms with Crippen molar-refractivity contribution >= 4 is 12.3 Å². The minimum Gasteiger partial charge on any atom is -0.472 e. The topological polar surface area (TPSA) is 56.5 Å². The molecule has 0 amide bonds. The van der Waals surface area contributed by atoms with Crippen LogP contribution < -0.4 is 0 Å². The van der Waals surface area contributed by atoms with E-state index >= 15 is 0 Å². The number of hydrogen-bond acceptors (Lipinski definition) is 4. The minimum absolute atomic E-state index is 0.139. The molecular weight excluding hydrogens is 208 g/mol. The molecule has 0 saturated carbocycles. The third kappa shape index (κ3) is 1.69. The van der Waals surface area contributed by atoms with Crippen molar-refractivity contribution in [3.05, 3.63) is 35.8 Å². The normalized spacial score (nSPS) is 10.3. The van der Waals surface area contributed by atoms with Crippen molar-refractivity contribution in [3.8, 4) is 11.1 Å². The summed E-state index contributed by atoms with van der Waals surface area (Å²) in [7, 11) is 1.33. The lowest BCUT2D eigenvalue weighted by Crippen LogP contribution is -2.05. The lowest BCUT2D eigenvalue weighted by molar-refractivity contribution is -0.139. The average molecular weight is 218 g/mol. The number of rotatable bonds is 3. The number of fused-ring (bicyclic) bond motifs is 1. The summed E-state index contributed by atoms with van der Waals surface area (Å²) >= 11 is 0. The van der Waals surface area contributed by atoms with Crippen molar-refractivity contribution in [1.29, 1.82) is 0 Å². The molecule has 4 nitrogen and oxygen atoms in total. The molecular formula is C12H10O4. The van der Waals surface area contributed by atoms with Crippen molar-refractivity contribution in [2.45, 2.75) is 6.42 Å². The van der Waals surface area contributed by atoms with Crippen LogP contribution >= 0.6 is 0 Å². The molecule has 16 heavy (non-hydrogen) atoms. The highest BCUT2D eigenvalue weighted by Crippen LogP contribution is 2.30. The van der Waals surface area contributed by atoms with Gasteiger partial charge in [-0.1, -0.05) is 12.1 Å². The van der Waals surface area contributed by atoms with Gasteiger partial charge in [-0.05, 0) is 5.56 Å². The van der Waals surface area contributed by atoms with Crippen LogP contribution in [0.3, 0.4) is 0 Å². The molecule has 0 N–H and O–H groups in total. The Morgan fingerprint density at radius 1 is 1.38 bits per heavy atom. The van der Waals surface area contributed by atoms with E-state index in [1.165, 1.54) is 19.6 Å². The van der Waals surface area contributed by atoms with E-state index in [0.29, 0.717) is 5.56 Å². The molecule has 0 aromatic carbocycles. The Bertz CT molecular complexity index is 498. The van der Waals surface area contributed by atoms with E-state index in [9.17, 15) is 9.59 Å². The number of ether oxygens (including phenoxy) is 1. The molecule has 0 aromatic rings. The molecule has 2 aliphatic rings. The van der Waals surface area contributed by atoms with Gasteiger partial charge in [0.1, 0.15) is 0 Å². The fraction of sp³-hybridized carbons (Fsp3) is 0.167. The van der Waals surface area contributed by atoms with Gasteiger partial charge in [0.2, 0.25) is 0 Å². The molecule has 1 aliphatic heterocycles. The van der Waals surface area contributed by atoms with Crippen molar-refractivity contribution in [2.75, 3.05) is 7.11 Å². The van der Waals surface area contributed by atoms with E-state index < -0.39 is 0 Å². The Balaban J connectivity index is 2.41. The Labute approximate surface area is 92.2 Å². The second kappa shape index (κ2) is 4.18. The highest BCUT2D eigenvalue weighted by molar-refractivity contribution is 5.91. The Hall–Kier alpha value is -2.10. The van der Waals surface area contributed by atoms with Crippen LogP contribution in [0.25, 0.3) is 11.1 Å². The first-order chi connectivity index (χ1) is 7.76. The summed E-state index contributed by atoms with van der Waals surface area (Å²) in [6.07, 6.45) is 3.90. The summed E-state index contributed by atoms with van der Waals surface area (Å²) in [6, 6.07) is 3.50. The molecule has 0 unspecified atom stereocenters. The molecule has 1 aliphatic carbocycles. The van der Waals surface area contributed by atoms with E-state index in [0.717, 1.165) is 23.0 Å². The maximum Gasteiger partial charge on any atom is 0.310 e. The van der Waals surface area contributed by atoms with Crippen LogP contribution in [0.4, 0.5) is 0 Å². The predicted molar refractivity (Wildman–Crippen MR) is 56.4 cm³/mol. The zero-order valence-corrected chi connectivity index (χ0v) is 8.73. The van der Waals surface area contributed by atoms with Crippen LogP contribution in [0.2, 0.25) is 0 Å². The predicted octanol–water partition coefficient (Wildman–Crippen LogP) is 1.91. The first kappa shape index (κ1) is 10.4. The molecule has 0 saturated heterocycles. The molecule has 0 fully saturated rings. The van der Waals surface area contributed by atoms with Crippen molar-refractivity contribution < 1.29 is 18.7 Å². The zero-order chi connectivity index (χ0) is 11.5. The molecule has 2 rings (SSSR count). The number of methoxy groups -OCH3 is 1. The minimum atomic E-state index is -0.337. The molecule has 82 valence electrons. The van der Waals surface area contributed by atoms with Crippen LogP contribution in [0.1, 0.15) is 15.9 Å². The third-order valence-electron chi connectivity index (χ3n) is 2.46. The second-order valence-electron chi connectivity index (χ2n) is 3.38. The van der Waals surface area contributed by atoms with Gasteiger partial charge in [0.25, 0.3) is 0 Å². The van der Waals surface area contributed by atoms with Gasteiger partial charge in [-0.25, -0.2) is 0 Å². The number of aldehydes is 1. The van der Waals surface area contributed by atoms with Crippen LogP contribution in [0, 0.1) is 0 Å². The number of carbonyl (C=O) groups excluding carboxylic acids is 2. The Morgan fingerprint density at radius 2 is 2.19 bits per heavy atom. The summed E-state index contributed by atoms with van der Waals surface area (Å²) < 4.78 is 9.69. The Kier molecular flexibility index (Phi) is 2.72. The van der Waals surface area contributed by atoms with Crippen molar-refractivity contribution in [3.63, 3.8) is 0 Å². The first-order valence-corrected chi connectivity index (χ1v) is 4.76. The molecule has 4 heteroatoms. The quantitative estimate of drug-likeness (QED) is 0.583. The SMILES string of the molecule is COC(=O)Cc1cocc2c(C=O)ccc1-2. The lowest BCUT2D eigenvalue weighted by Gasteiger charge is -2.06. The fourth-order valence-electron chi connectivity index (χ4n) is 1.63. The van der Waals surface area contributed by atoms with Crippen LogP contribution in [-0.2, 0) is 16.0 Å². The maximum absolute atomic E-state index is 11.2. The van der Waals surface area contributed by atoms with Gasteiger partial charge in [-0.3, -0.25) is 9.59 Å². The summed E-state index contributed by atoms with van der Waals surface area (Å²) in [6.45, 7) is 0. The molecule has 0 radical (unpaired) electrons. The van der Waals surface area contributed by atoms with Crippen molar-refractivity contribution in [1.82, 2.24) is 0 Å². The monoisotopic (exact) mass is 218 g/mol. The first-order valence-electron chi connectivity index (χ1n) is 4.76.